The van der Waals surface area contributed by atoms with Crippen molar-refractivity contribution in [2.75, 3.05) is 0 Å². The van der Waals surface area contributed by atoms with Crippen LogP contribution in [0.3, 0.4) is 0 Å². The van der Waals surface area contributed by atoms with Gasteiger partial charge in [-0.05, 0) is 28.7 Å². The molecule has 2 rings (SSSR count). The Morgan fingerprint density at radius 2 is 1.83 bits per heavy atom. The third-order valence-corrected chi connectivity index (χ3v) is 2.83. The van der Waals surface area contributed by atoms with Crippen LogP contribution in [0.5, 0.6) is 0 Å². The van der Waals surface area contributed by atoms with Gasteiger partial charge in [0.15, 0.2) is 0 Å². The van der Waals surface area contributed by atoms with E-state index >= 15 is 0 Å². The molecule has 0 aliphatic carbocycles. The molecular weight excluding hydrogens is 226 g/mol. The van der Waals surface area contributed by atoms with Crippen molar-refractivity contribution < 1.29 is 4.92 Å². The van der Waals surface area contributed by atoms with E-state index in [0.717, 1.165) is 11.1 Å². The molecule has 2 aromatic carbocycles. The fourth-order valence-electron chi connectivity index (χ4n) is 1.74. The SMILES string of the molecule is CC(C)c1ccc(-c2cc#cc([N+](=O)[O-])c2)cc1. The monoisotopic (exact) mass is 239 g/mol. The van der Waals surface area contributed by atoms with Gasteiger partial charge in [0.2, 0.25) is 0 Å². The van der Waals surface area contributed by atoms with Gasteiger partial charge in [-0.25, -0.2) is 0 Å². The molecule has 3 heteroatoms. The second-order valence-electron chi connectivity index (χ2n) is 4.43. The van der Waals surface area contributed by atoms with Gasteiger partial charge in [0.25, 0.3) is 0 Å². The van der Waals surface area contributed by atoms with Crippen LogP contribution in [0.25, 0.3) is 11.1 Å². The molecule has 0 spiro atoms. The maximum absolute atomic E-state index is 10.7. The number of hydrogen-bond donors (Lipinski definition) is 0. The molecule has 0 aliphatic heterocycles. The van der Waals surface area contributed by atoms with Crippen molar-refractivity contribution in [1.29, 1.82) is 0 Å². The molecule has 0 aromatic heterocycles. The average molecular weight is 239 g/mol. The first-order valence-corrected chi connectivity index (χ1v) is 5.76. The molecule has 18 heavy (non-hydrogen) atoms. The topological polar surface area (TPSA) is 43.1 Å². The third-order valence-electron chi connectivity index (χ3n) is 2.83. The minimum Gasteiger partial charge on any atom is -0.258 e. The molecule has 0 bridgehead atoms. The Hall–Kier alpha value is -2.34. The van der Waals surface area contributed by atoms with Crippen LogP contribution in [-0.2, 0) is 0 Å². The first kappa shape index (κ1) is 12.1. The van der Waals surface area contributed by atoms with E-state index in [4.69, 9.17) is 0 Å². The largest absolute Gasteiger partial charge is 0.320 e. The van der Waals surface area contributed by atoms with Crippen LogP contribution in [-0.4, -0.2) is 4.92 Å². The standard InChI is InChI=1S/C15H13NO2/c1-11(2)12-6-8-13(9-7-12)14-4-3-5-15(10-14)16(17)18/h4,6-11H,1-2H3. The molecule has 0 radical (unpaired) electrons. The maximum atomic E-state index is 10.7. The summed E-state index contributed by atoms with van der Waals surface area (Å²) in [7, 11) is 0. The Balaban J connectivity index is 2.36. The Labute approximate surface area is 106 Å². The van der Waals surface area contributed by atoms with E-state index in [1.165, 1.54) is 11.6 Å². The normalized spacial score (nSPS) is 10.2. The summed E-state index contributed by atoms with van der Waals surface area (Å²) in [4.78, 5) is 10.2. The van der Waals surface area contributed by atoms with Gasteiger partial charge in [-0.2, -0.15) is 0 Å². The zero-order valence-corrected chi connectivity index (χ0v) is 10.3. The molecule has 0 saturated carbocycles. The maximum Gasteiger partial charge on any atom is 0.320 e. The van der Waals surface area contributed by atoms with Gasteiger partial charge in [-0.15, -0.1) is 0 Å². The predicted molar refractivity (Wildman–Crippen MR) is 70.3 cm³/mol. The number of benzene rings is 1. The fourth-order valence-corrected chi connectivity index (χ4v) is 1.74. The summed E-state index contributed by atoms with van der Waals surface area (Å²) in [5, 5.41) is 10.7. The lowest BCUT2D eigenvalue weighted by Gasteiger charge is -2.06. The van der Waals surface area contributed by atoms with Crippen molar-refractivity contribution in [2.45, 2.75) is 19.8 Å². The van der Waals surface area contributed by atoms with Crippen LogP contribution in [0, 0.1) is 22.2 Å². The van der Waals surface area contributed by atoms with Crippen LogP contribution in [0.4, 0.5) is 5.69 Å². The van der Waals surface area contributed by atoms with Crippen molar-refractivity contribution in [3.05, 3.63) is 64.2 Å². The van der Waals surface area contributed by atoms with Gasteiger partial charge in [-0.3, -0.25) is 10.1 Å². The first-order valence-electron chi connectivity index (χ1n) is 5.76. The molecule has 0 saturated heterocycles. The number of nitro groups is 1. The molecule has 0 fully saturated rings. The first-order chi connectivity index (χ1) is 8.58. The number of nitrogens with zero attached hydrogens (tertiary/aromatic N) is 1. The molecule has 3 nitrogen and oxygen atoms in total. The summed E-state index contributed by atoms with van der Waals surface area (Å²) in [5.74, 6) is 0.476. The Morgan fingerprint density at radius 3 is 2.39 bits per heavy atom. The molecule has 0 amide bonds. The Bertz CT molecular complexity index is 559. The van der Waals surface area contributed by atoms with Crippen molar-refractivity contribution in [1.82, 2.24) is 0 Å². The van der Waals surface area contributed by atoms with Crippen LogP contribution in [0.1, 0.15) is 25.3 Å². The van der Waals surface area contributed by atoms with Crippen molar-refractivity contribution in [3.63, 3.8) is 0 Å². The second kappa shape index (κ2) is 4.89. The van der Waals surface area contributed by atoms with Crippen LogP contribution in [0.15, 0.2) is 36.4 Å². The average Bonchev–Trinajstić information content (AvgIpc) is 2.39. The summed E-state index contributed by atoms with van der Waals surface area (Å²) in [5.41, 5.74) is 2.93. The van der Waals surface area contributed by atoms with Gasteiger partial charge in [-0.1, -0.05) is 44.2 Å². The highest BCUT2D eigenvalue weighted by atomic mass is 16.6. The minimum atomic E-state index is -0.456. The summed E-state index contributed by atoms with van der Waals surface area (Å²) < 4.78 is 0. The number of rotatable bonds is 3. The lowest BCUT2D eigenvalue weighted by molar-refractivity contribution is -0.384. The highest BCUT2D eigenvalue weighted by Crippen LogP contribution is 2.24. The molecule has 90 valence electrons. The summed E-state index contributed by atoms with van der Waals surface area (Å²) >= 11 is 0. The van der Waals surface area contributed by atoms with Gasteiger partial charge in [0.05, 0.1) is 4.92 Å². The summed E-state index contributed by atoms with van der Waals surface area (Å²) in [6, 6.07) is 16.4. The third kappa shape index (κ3) is 2.49. The van der Waals surface area contributed by atoms with E-state index in [-0.39, 0.29) is 5.69 Å². The van der Waals surface area contributed by atoms with E-state index in [1.54, 1.807) is 6.07 Å². The highest BCUT2D eigenvalue weighted by molar-refractivity contribution is 5.65. The number of hydrogen-bond acceptors (Lipinski definition) is 2. The summed E-state index contributed by atoms with van der Waals surface area (Å²) in [6.07, 6.45) is 0. The minimum absolute atomic E-state index is 0.0552. The highest BCUT2D eigenvalue weighted by Gasteiger charge is 2.07. The Morgan fingerprint density at radius 1 is 1.17 bits per heavy atom. The molecular formula is C15H13NO2. The van der Waals surface area contributed by atoms with Gasteiger partial charge < -0.3 is 0 Å². The van der Waals surface area contributed by atoms with Gasteiger partial charge in [0, 0.05) is 12.1 Å². The van der Waals surface area contributed by atoms with Crippen molar-refractivity contribution in [3.8, 4) is 11.1 Å². The van der Waals surface area contributed by atoms with Gasteiger partial charge >= 0.3 is 5.69 Å². The predicted octanol–water partition coefficient (Wildman–Crippen LogP) is 3.99. The zero-order valence-electron chi connectivity index (χ0n) is 10.3. The van der Waals surface area contributed by atoms with E-state index in [9.17, 15) is 10.1 Å². The Kier molecular flexibility index (Phi) is 3.29. The van der Waals surface area contributed by atoms with Crippen LogP contribution >= 0.6 is 0 Å². The quantitative estimate of drug-likeness (QED) is 0.600. The molecule has 0 unspecified atom stereocenters. The summed E-state index contributed by atoms with van der Waals surface area (Å²) in [6.45, 7) is 4.26. The van der Waals surface area contributed by atoms with Crippen molar-refractivity contribution in [2.24, 2.45) is 0 Å². The molecule has 0 aliphatic rings. The molecule has 0 N–H and O–H groups in total. The van der Waals surface area contributed by atoms with E-state index in [0.29, 0.717) is 5.92 Å². The molecule has 0 heterocycles. The smallest absolute Gasteiger partial charge is 0.258 e. The van der Waals surface area contributed by atoms with Crippen LogP contribution < -0.4 is 0 Å². The molecule has 2 aromatic rings. The zero-order chi connectivity index (χ0) is 13.1. The van der Waals surface area contributed by atoms with E-state index < -0.39 is 4.92 Å². The lowest BCUT2D eigenvalue weighted by atomic mass is 9.99. The van der Waals surface area contributed by atoms with E-state index in [2.05, 4.69) is 26.0 Å². The van der Waals surface area contributed by atoms with Gasteiger partial charge in [0.1, 0.15) is 0 Å². The fraction of sp³-hybridized carbons (Fsp3) is 0.200. The second-order valence-corrected chi connectivity index (χ2v) is 4.43. The van der Waals surface area contributed by atoms with Crippen LogP contribution in [0.2, 0.25) is 0 Å². The van der Waals surface area contributed by atoms with Crippen molar-refractivity contribution >= 4 is 5.69 Å². The lowest BCUT2D eigenvalue weighted by Crippen LogP contribution is -1.88. The molecule has 0 atom stereocenters. The van der Waals surface area contributed by atoms with E-state index in [1.807, 2.05) is 24.3 Å².